The molecule has 0 amide bonds. The first-order valence-electron chi connectivity index (χ1n) is 7.66. The lowest BCUT2D eigenvalue weighted by molar-refractivity contribution is -0.146. The van der Waals surface area contributed by atoms with Crippen molar-refractivity contribution in [1.82, 2.24) is 5.32 Å². The summed E-state index contributed by atoms with van der Waals surface area (Å²) < 4.78 is 5.18. The van der Waals surface area contributed by atoms with Gasteiger partial charge in [0.1, 0.15) is 6.04 Å². The monoisotopic (exact) mass is 277 g/mol. The van der Waals surface area contributed by atoms with Crippen LogP contribution in [-0.2, 0) is 9.53 Å². The van der Waals surface area contributed by atoms with Gasteiger partial charge in [-0.2, -0.15) is 0 Å². The van der Waals surface area contributed by atoms with Gasteiger partial charge in [0.25, 0.3) is 0 Å². The molecule has 0 radical (unpaired) electrons. The molecule has 0 heterocycles. The minimum Gasteiger partial charge on any atom is -0.465 e. The Hall–Kier alpha value is -1.35. The predicted molar refractivity (Wildman–Crippen MR) is 82.6 cm³/mol. The van der Waals surface area contributed by atoms with Gasteiger partial charge in [-0.15, -0.1) is 0 Å². The number of carbonyl (C=O) groups excluding carboxylic acids is 1. The summed E-state index contributed by atoms with van der Waals surface area (Å²) in [6, 6.07) is 9.72. The Bertz CT molecular complexity index is 378. The number of rotatable bonds is 9. The molecule has 0 saturated heterocycles. The Morgan fingerprint density at radius 2 is 1.90 bits per heavy atom. The highest BCUT2D eigenvalue weighted by molar-refractivity contribution is 5.77. The first kappa shape index (κ1) is 16.7. The molecule has 1 N–H and O–H groups in total. The van der Waals surface area contributed by atoms with E-state index >= 15 is 0 Å². The third-order valence-corrected chi connectivity index (χ3v) is 3.35. The van der Waals surface area contributed by atoms with Gasteiger partial charge >= 0.3 is 5.97 Å². The van der Waals surface area contributed by atoms with Gasteiger partial charge in [0, 0.05) is 6.04 Å². The fourth-order valence-electron chi connectivity index (χ4n) is 2.24. The fraction of sp³-hybridized carbons (Fsp3) is 0.588. The predicted octanol–water partition coefficient (Wildman–Crippen LogP) is 3.85. The van der Waals surface area contributed by atoms with E-state index in [0.29, 0.717) is 12.6 Å². The third-order valence-electron chi connectivity index (χ3n) is 3.35. The van der Waals surface area contributed by atoms with Crippen molar-refractivity contribution in [2.24, 2.45) is 0 Å². The molecule has 0 bridgehead atoms. The van der Waals surface area contributed by atoms with Crippen molar-refractivity contribution >= 4 is 5.97 Å². The molecular weight excluding hydrogens is 250 g/mol. The van der Waals surface area contributed by atoms with Crippen LogP contribution in [0.5, 0.6) is 0 Å². The van der Waals surface area contributed by atoms with Gasteiger partial charge in [-0.05, 0) is 25.8 Å². The molecule has 0 aromatic heterocycles. The van der Waals surface area contributed by atoms with E-state index in [9.17, 15) is 4.79 Å². The molecule has 3 nitrogen and oxygen atoms in total. The molecule has 0 saturated carbocycles. The highest BCUT2D eigenvalue weighted by Crippen LogP contribution is 2.16. The summed E-state index contributed by atoms with van der Waals surface area (Å²) in [5.74, 6) is -0.193. The van der Waals surface area contributed by atoms with Gasteiger partial charge in [-0.3, -0.25) is 5.32 Å². The van der Waals surface area contributed by atoms with Gasteiger partial charge in [-0.1, -0.05) is 56.5 Å². The molecule has 20 heavy (non-hydrogen) atoms. The van der Waals surface area contributed by atoms with E-state index in [1.807, 2.05) is 37.3 Å². The van der Waals surface area contributed by atoms with Gasteiger partial charge in [0.15, 0.2) is 0 Å². The largest absolute Gasteiger partial charge is 0.465 e. The lowest BCUT2D eigenvalue weighted by atomic mass is 10.0. The van der Waals surface area contributed by atoms with E-state index in [0.717, 1.165) is 12.0 Å². The zero-order chi connectivity index (χ0) is 14.8. The van der Waals surface area contributed by atoms with Crippen LogP contribution in [0.2, 0.25) is 0 Å². The van der Waals surface area contributed by atoms with Crippen LogP contribution in [0.4, 0.5) is 0 Å². The van der Waals surface area contributed by atoms with Crippen molar-refractivity contribution in [2.75, 3.05) is 6.61 Å². The van der Waals surface area contributed by atoms with Crippen LogP contribution in [0.1, 0.15) is 58.1 Å². The van der Waals surface area contributed by atoms with Crippen molar-refractivity contribution in [3.8, 4) is 0 Å². The highest BCUT2D eigenvalue weighted by atomic mass is 16.5. The maximum atomic E-state index is 12.1. The van der Waals surface area contributed by atoms with Gasteiger partial charge in [0.05, 0.1) is 6.61 Å². The molecule has 0 spiro atoms. The van der Waals surface area contributed by atoms with Crippen LogP contribution < -0.4 is 5.32 Å². The smallest absolute Gasteiger partial charge is 0.327 e. The number of hydrogen-bond acceptors (Lipinski definition) is 3. The second-order valence-electron chi connectivity index (χ2n) is 5.16. The number of unbranched alkanes of at least 4 members (excludes halogenated alkanes) is 2. The first-order chi connectivity index (χ1) is 9.69. The van der Waals surface area contributed by atoms with E-state index in [4.69, 9.17) is 4.74 Å². The fourth-order valence-corrected chi connectivity index (χ4v) is 2.24. The molecule has 2 unspecified atom stereocenters. The summed E-state index contributed by atoms with van der Waals surface area (Å²) in [5.41, 5.74) is 0.966. The maximum absolute atomic E-state index is 12.1. The van der Waals surface area contributed by atoms with Crippen LogP contribution >= 0.6 is 0 Å². The maximum Gasteiger partial charge on any atom is 0.327 e. The summed E-state index contributed by atoms with van der Waals surface area (Å²) in [6.07, 6.45) is 4.72. The third kappa shape index (κ3) is 5.74. The van der Waals surface area contributed by atoms with Crippen LogP contribution in [0, 0.1) is 0 Å². The minimum atomic E-state index is -0.368. The van der Waals surface area contributed by atoms with Crippen LogP contribution in [0.15, 0.2) is 30.3 Å². The molecule has 2 atom stereocenters. The number of ether oxygens (including phenoxy) is 1. The molecule has 1 rings (SSSR count). The van der Waals surface area contributed by atoms with Gasteiger partial charge in [0.2, 0.25) is 0 Å². The van der Waals surface area contributed by atoms with Crippen LogP contribution in [0.3, 0.4) is 0 Å². The van der Waals surface area contributed by atoms with Gasteiger partial charge in [-0.25, -0.2) is 4.79 Å². The zero-order valence-electron chi connectivity index (χ0n) is 12.9. The van der Waals surface area contributed by atoms with Crippen molar-refractivity contribution in [3.05, 3.63) is 35.9 Å². The zero-order valence-corrected chi connectivity index (χ0v) is 12.9. The minimum absolute atomic E-state index is 0.193. The van der Waals surface area contributed by atoms with Crippen molar-refractivity contribution in [1.29, 1.82) is 0 Å². The van der Waals surface area contributed by atoms with E-state index < -0.39 is 0 Å². The lowest BCUT2D eigenvalue weighted by Gasteiger charge is -2.22. The molecule has 0 aliphatic carbocycles. The Morgan fingerprint density at radius 3 is 2.50 bits per heavy atom. The highest BCUT2D eigenvalue weighted by Gasteiger charge is 2.23. The van der Waals surface area contributed by atoms with Crippen molar-refractivity contribution < 1.29 is 9.53 Å². The molecule has 1 aromatic rings. The molecule has 0 aliphatic rings. The summed E-state index contributed by atoms with van der Waals surface area (Å²) in [4.78, 5) is 12.1. The average Bonchev–Trinajstić information content (AvgIpc) is 2.46. The van der Waals surface area contributed by atoms with E-state index in [-0.39, 0.29) is 12.0 Å². The number of esters is 1. The van der Waals surface area contributed by atoms with Crippen LogP contribution in [-0.4, -0.2) is 18.6 Å². The molecule has 0 aliphatic heterocycles. The summed E-state index contributed by atoms with van der Waals surface area (Å²) in [6.45, 7) is 6.58. The second-order valence-corrected chi connectivity index (χ2v) is 5.16. The summed E-state index contributed by atoms with van der Waals surface area (Å²) in [7, 11) is 0. The summed E-state index contributed by atoms with van der Waals surface area (Å²) >= 11 is 0. The normalized spacial score (nSPS) is 13.8. The Balaban J connectivity index is 2.66. The molecule has 3 heteroatoms. The molecule has 0 fully saturated rings. The quantitative estimate of drug-likeness (QED) is 0.550. The van der Waals surface area contributed by atoms with E-state index in [2.05, 4.69) is 19.2 Å². The topological polar surface area (TPSA) is 38.3 Å². The Kier molecular flexibility index (Phi) is 7.97. The Morgan fingerprint density at radius 1 is 1.20 bits per heavy atom. The van der Waals surface area contributed by atoms with Crippen molar-refractivity contribution in [3.63, 3.8) is 0 Å². The lowest BCUT2D eigenvalue weighted by Crippen LogP contribution is -2.36. The van der Waals surface area contributed by atoms with Gasteiger partial charge < -0.3 is 4.74 Å². The first-order valence-corrected chi connectivity index (χ1v) is 7.66. The summed E-state index contributed by atoms with van der Waals surface area (Å²) in [5, 5.41) is 3.40. The van der Waals surface area contributed by atoms with Crippen molar-refractivity contribution in [2.45, 2.75) is 58.5 Å². The molecule has 112 valence electrons. The number of hydrogen-bond donors (Lipinski definition) is 1. The SMILES string of the molecule is CCCCCC(C)NC(C(=O)OCC)c1ccccc1. The van der Waals surface area contributed by atoms with E-state index in [1.165, 1.54) is 19.3 Å². The standard InChI is InChI=1S/C17H27NO2/c1-4-6-8-11-14(3)18-16(17(19)20-5-2)15-12-9-7-10-13-15/h7,9-10,12-14,16,18H,4-6,8,11H2,1-3H3. The second kappa shape index (κ2) is 9.54. The van der Waals surface area contributed by atoms with Crippen LogP contribution in [0.25, 0.3) is 0 Å². The van der Waals surface area contributed by atoms with E-state index in [1.54, 1.807) is 0 Å². The molecular formula is C17H27NO2. The number of benzene rings is 1. The number of nitrogens with one attached hydrogen (secondary N) is 1. The molecule has 1 aromatic carbocycles. The average molecular weight is 277 g/mol. The Labute approximate surface area is 122 Å². The number of carbonyl (C=O) groups is 1.